The minimum Gasteiger partial charge on any atom is -0.448 e. The van der Waals surface area contributed by atoms with Crippen LogP contribution in [0.5, 0.6) is 0 Å². The Kier molecular flexibility index (Phi) is 5.90. The summed E-state index contributed by atoms with van der Waals surface area (Å²) in [4.78, 5) is 4.37. The Bertz CT molecular complexity index is 351. The van der Waals surface area contributed by atoms with Crippen molar-refractivity contribution in [2.24, 2.45) is 11.8 Å². The third-order valence-electron chi connectivity index (χ3n) is 4.02. The average molecular weight is 264 g/mol. The van der Waals surface area contributed by atoms with Crippen molar-refractivity contribution in [2.45, 2.75) is 65.3 Å². The van der Waals surface area contributed by atoms with Crippen LogP contribution in [-0.4, -0.2) is 11.5 Å². The number of hydrogen-bond donors (Lipinski definition) is 1. The van der Waals surface area contributed by atoms with Gasteiger partial charge in [0.15, 0.2) is 6.39 Å². The van der Waals surface area contributed by atoms with Crippen molar-refractivity contribution >= 4 is 0 Å². The quantitative estimate of drug-likeness (QED) is 0.791. The van der Waals surface area contributed by atoms with Gasteiger partial charge in [-0.2, -0.15) is 0 Å². The summed E-state index contributed by atoms with van der Waals surface area (Å²) in [6.45, 7) is 6.33. The van der Waals surface area contributed by atoms with Crippen molar-refractivity contribution in [1.29, 1.82) is 0 Å². The molecule has 0 radical (unpaired) electrons. The van der Waals surface area contributed by atoms with Crippen LogP contribution in [0.4, 0.5) is 0 Å². The van der Waals surface area contributed by atoms with Gasteiger partial charge in [-0.3, -0.25) is 0 Å². The Balaban J connectivity index is 1.84. The number of hydrogen-bond acceptors (Lipinski definition) is 3. The topological polar surface area (TPSA) is 38.1 Å². The van der Waals surface area contributed by atoms with Crippen molar-refractivity contribution in [3.05, 3.63) is 17.8 Å². The van der Waals surface area contributed by atoms with Gasteiger partial charge in [0.05, 0.1) is 5.69 Å². The molecule has 19 heavy (non-hydrogen) atoms. The molecule has 0 atom stereocenters. The molecule has 0 saturated heterocycles. The van der Waals surface area contributed by atoms with Crippen LogP contribution in [-0.2, 0) is 13.0 Å². The first-order valence-corrected chi connectivity index (χ1v) is 7.87. The van der Waals surface area contributed by atoms with Crippen LogP contribution >= 0.6 is 0 Å². The van der Waals surface area contributed by atoms with Crippen molar-refractivity contribution in [3.63, 3.8) is 0 Å². The molecule has 1 aromatic heterocycles. The molecule has 0 aromatic carbocycles. The molecule has 3 nitrogen and oxygen atoms in total. The minimum atomic E-state index is 0.678. The first-order valence-electron chi connectivity index (χ1n) is 7.87. The number of aromatic nitrogens is 1. The van der Waals surface area contributed by atoms with Gasteiger partial charge in [-0.05, 0) is 18.4 Å². The van der Waals surface area contributed by atoms with Gasteiger partial charge in [0.25, 0.3) is 0 Å². The van der Waals surface area contributed by atoms with Gasteiger partial charge < -0.3 is 9.73 Å². The van der Waals surface area contributed by atoms with E-state index in [4.69, 9.17) is 4.42 Å². The molecule has 1 aromatic rings. The second kappa shape index (κ2) is 7.68. The van der Waals surface area contributed by atoms with E-state index in [1.807, 2.05) is 0 Å². The fourth-order valence-electron chi connectivity index (χ4n) is 2.91. The molecule has 1 heterocycles. The summed E-state index contributed by atoms with van der Waals surface area (Å²) < 4.78 is 5.61. The number of oxazole rings is 1. The predicted molar refractivity (Wildman–Crippen MR) is 77.9 cm³/mol. The first kappa shape index (κ1) is 14.6. The van der Waals surface area contributed by atoms with E-state index in [0.717, 1.165) is 36.9 Å². The monoisotopic (exact) mass is 264 g/mol. The van der Waals surface area contributed by atoms with Gasteiger partial charge in [-0.25, -0.2) is 4.98 Å². The zero-order valence-electron chi connectivity index (χ0n) is 12.5. The molecule has 0 aliphatic heterocycles. The largest absolute Gasteiger partial charge is 0.448 e. The molecule has 0 unspecified atom stereocenters. The van der Waals surface area contributed by atoms with Crippen LogP contribution < -0.4 is 5.32 Å². The summed E-state index contributed by atoms with van der Waals surface area (Å²) in [6, 6.07) is 0. The molecular formula is C16H28N2O. The summed E-state index contributed by atoms with van der Waals surface area (Å²) in [5.41, 5.74) is 1.12. The number of nitrogens with zero attached hydrogens (tertiary/aromatic N) is 1. The average Bonchev–Trinajstić information content (AvgIpc) is 2.64. The van der Waals surface area contributed by atoms with Gasteiger partial charge in [0.2, 0.25) is 0 Å². The molecule has 1 saturated carbocycles. The Morgan fingerprint density at radius 2 is 2.00 bits per heavy atom. The van der Waals surface area contributed by atoms with Crippen molar-refractivity contribution < 1.29 is 4.42 Å². The first-order chi connectivity index (χ1) is 9.25. The maximum Gasteiger partial charge on any atom is 0.181 e. The maximum atomic E-state index is 5.61. The lowest BCUT2D eigenvalue weighted by molar-refractivity contribution is 0.398. The predicted octanol–water partition coefficient (Wildman–Crippen LogP) is 3.93. The fraction of sp³-hybridized carbons (Fsp3) is 0.812. The molecular weight excluding hydrogens is 236 g/mol. The van der Waals surface area contributed by atoms with E-state index in [-0.39, 0.29) is 0 Å². The SMILES string of the molecule is CC(C)CNCc1ncoc1CC1CCCCCC1. The van der Waals surface area contributed by atoms with Gasteiger partial charge in [-0.1, -0.05) is 52.4 Å². The van der Waals surface area contributed by atoms with Crippen LogP contribution in [0.3, 0.4) is 0 Å². The van der Waals surface area contributed by atoms with Crippen LogP contribution in [0.1, 0.15) is 63.8 Å². The van der Waals surface area contributed by atoms with Crippen LogP contribution in [0.15, 0.2) is 10.8 Å². The Morgan fingerprint density at radius 3 is 2.68 bits per heavy atom. The highest BCUT2D eigenvalue weighted by molar-refractivity contribution is 5.08. The lowest BCUT2D eigenvalue weighted by atomic mass is 9.95. The van der Waals surface area contributed by atoms with E-state index < -0.39 is 0 Å². The van der Waals surface area contributed by atoms with Crippen molar-refractivity contribution in [2.75, 3.05) is 6.54 Å². The van der Waals surface area contributed by atoms with E-state index in [1.54, 1.807) is 6.39 Å². The van der Waals surface area contributed by atoms with E-state index in [1.165, 1.54) is 38.5 Å². The summed E-state index contributed by atoms with van der Waals surface area (Å²) in [7, 11) is 0. The summed E-state index contributed by atoms with van der Waals surface area (Å²) in [5, 5.41) is 3.45. The zero-order valence-corrected chi connectivity index (χ0v) is 12.5. The third kappa shape index (κ3) is 4.98. The molecule has 0 bridgehead atoms. The van der Waals surface area contributed by atoms with Crippen molar-refractivity contribution in [3.8, 4) is 0 Å². The lowest BCUT2D eigenvalue weighted by Crippen LogP contribution is -2.20. The second-order valence-corrected chi connectivity index (χ2v) is 6.31. The standard InChI is InChI=1S/C16H28N2O/c1-13(2)10-17-11-15-16(19-12-18-15)9-14-7-5-3-4-6-8-14/h12-14,17H,3-11H2,1-2H3. The Labute approximate surface area is 117 Å². The number of rotatable bonds is 6. The third-order valence-corrected chi connectivity index (χ3v) is 4.02. The van der Waals surface area contributed by atoms with Gasteiger partial charge in [0.1, 0.15) is 5.76 Å². The van der Waals surface area contributed by atoms with Gasteiger partial charge in [-0.15, -0.1) is 0 Å². The van der Waals surface area contributed by atoms with E-state index in [9.17, 15) is 0 Å². The van der Waals surface area contributed by atoms with E-state index in [0.29, 0.717) is 5.92 Å². The second-order valence-electron chi connectivity index (χ2n) is 6.31. The highest BCUT2D eigenvalue weighted by Crippen LogP contribution is 2.26. The molecule has 1 N–H and O–H groups in total. The molecule has 1 fully saturated rings. The van der Waals surface area contributed by atoms with E-state index in [2.05, 4.69) is 24.1 Å². The highest BCUT2D eigenvalue weighted by Gasteiger charge is 2.17. The Hall–Kier alpha value is -0.830. The number of nitrogens with one attached hydrogen (secondary N) is 1. The van der Waals surface area contributed by atoms with Gasteiger partial charge in [0, 0.05) is 13.0 Å². The Morgan fingerprint density at radius 1 is 1.26 bits per heavy atom. The summed E-state index contributed by atoms with van der Waals surface area (Å²) >= 11 is 0. The van der Waals surface area contributed by atoms with Crippen LogP contribution in [0.2, 0.25) is 0 Å². The molecule has 0 amide bonds. The lowest BCUT2D eigenvalue weighted by Gasteiger charge is -2.13. The molecule has 3 heteroatoms. The minimum absolute atomic E-state index is 0.678. The fourth-order valence-corrected chi connectivity index (χ4v) is 2.91. The molecule has 0 spiro atoms. The van der Waals surface area contributed by atoms with Crippen LogP contribution in [0, 0.1) is 11.8 Å². The zero-order chi connectivity index (χ0) is 13.5. The molecule has 1 aliphatic rings. The van der Waals surface area contributed by atoms with Gasteiger partial charge >= 0.3 is 0 Å². The van der Waals surface area contributed by atoms with E-state index >= 15 is 0 Å². The normalized spacial score (nSPS) is 17.8. The van der Waals surface area contributed by atoms with Crippen LogP contribution in [0.25, 0.3) is 0 Å². The van der Waals surface area contributed by atoms with Crippen molar-refractivity contribution in [1.82, 2.24) is 10.3 Å². The maximum absolute atomic E-state index is 5.61. The molecule has 108 valence electrons. The summed E-state index contributed by atoms with van der Waals surface area (Å²) in [6.07, 6.45) is 11.0. The molecule has 2 rings (SSSR count). The summed E-state index contributed by atoms with van der Waals surface area (Å²) in [5.74, 6) is 2.60. The molecule has 1 aliphatic carbocycles. The smallest absolute Gasteiger partial charge is 0.181 e. The highest BCUT2D eigenvalue weighted by atomic mass is 16.3.